The Morgan fingerprint density at radius 1 is 1.00 bits per heavy atom. The van der Waals surface area contributed by atoms with Crippen LogP contribution in [-0.2, 0) is 37.3 Å². The zero-order valence-corrected chi connectivity index (χ0v) is 35.5. The number of pyridine rings is 1. The molecule has 0 bridgehead atoms. The van der Waals surface area contributed by atoms with Crippen LogP contribution in [0, 0.1) is 11.8 Å². The first-order chi connectivity index (χ1) is 31.0. The molecule has 0 spiro atoms. The highest BCUT2D eigenvalue weighted by Gasteiger charge is 2.32. The molecule has 5 heterocycles. The molecule has 1 saturated heterocycles. The van der Waals surface area contributed by atoms with Crippen LogP contribution >= 0.6 is 0 Å². The number of hydrogen-bond donors (Lipinski definition) is 4. The highest BCUT2D eigenvalue weighted by Crippen LogP contribution is 2.35. The van der Waals surface area contributed by atoms with E-state index in [1.165, 1.54) is 34.6 Å². The molecule has 4 N–H and O–H groups in total. The fourth-order valence-electron chi connectivity index (χ4n) is 8.41. The summed E-state index contributed by atoms with van der Waals surface area (Å²) in [5.41, 5.74) is 1.92. The Balaban J connectivity index is 0.721. The van der Waals surface area contributed by atoms with E-state index in [1.54, 1.807) is 29.9 Å². The third-order valence-corrected chi connectivity index (χ3v) is 12.0. The number of para-hydroxylation sites is 1. The molecule has 3 fully saturated rings. The standard InChI is InChI=1S/C44H52F2N10O8/c1-54-38-27(4-2-6-33(38)56(44(54)61)34-13-14-36(57)52-42(34)60)5-3-18-62-20-21-63-19-17-48-40(58)28-9-11-30(12-10-28)55-24-31(37(53-55)39(45)46)50-41(59)32-25-64-43(51-32)29-15-16-47-35(22-29)49-23-26-7-8-26/h2,4,6,15-16,22,24-26,28,30,34,39H,3,5,7-14,17-21,23H2,1H3,(H,47,49)(H,48,58)(H,50,59)(H,52,57,60)/t28-,30-,34?. The van der Waals surface area contributed by atoms with Crippen LogP contribution in [0.1, 0.15) is 98.0 Å². The summed E-state index contributed by atoms with van der Waals surface area (Å²) in [6.45, 7) is 2.64. The van der Waals surface area contributed by atoms with Gasteiger partial charge in [0.05, 0.1) is 42.6 Å². The summed E-state index contributed by atoms with van der Waals surface area (Å²) in [6, 6.07) is 8.14. The molecule has 64 heavy (non-hydrogen) atoms. The van der Waals surface area contributed by atoms with Gasteiger partial charge in [0.1, 0.15) is 18.1 Å². The van der Waals surface area contributed by atoms with Gasteiger partial charge in [0, 0.05) is 57.0 Å². The number of aromatic nitrogens is 6. The average molecular weight is 887 g/mol. The Kier molecular flexibility index (Phi) is 13.9. The first-order valence-electron chi connectivity index (χ1n) is 21.8. The van der Waals surface area contributed by atoms with E-state index in [-0.39, 0.29) is 59.6 Å². The molecule has 20 heteroatoms. The number of nitrogens with one attached hydrogen (secondary N) is 4. The molecule has 8 rings (SSSR count). The van der Waals surface area contributed by atoms with E-state index in [9.17, 15) is 32.8 Å². The number of carbonyl (C=O) groups is 4. The molecule has 18 nitrogen and oxygen atoms in total. The fourth-order valence-corrected chi connectivity index (χ4v) is 8.41. The van der Waals surface area contributed by atoms with Gasteiger partial charge in [-0.25, -0.2) is 23.5 Å². The van der Waals surface area contributed by atoms with E-state index < -0.39 is 30.0 Å². The van der Waals surface area contributed by atoms with Crippen molar-refractivity contribution in [3.63, 3.8) is 0 Å². The number of nitrogens with zero attached hydrogens (tertiary/aromatic N) is 6. The van der Waals surface area contributed by atoms with Gasteiger partial charge in [-0.05, 0) is 87.5 Å². The van der Waals surface area contributed by atoms with Gasteiger partial charge in [-0.15, -0.1) is 0 Å². The third kappa shape index (κ3) is 10.4. The maximum absolute atomic E-state index is 14.1. The molecular formula is C44H52F2N10O8. The Bertz CT molecular complexity index is 2540. The maximum atomic E-state index is 14.1. The summed E-state index contributed by atoms with van der Waals surface area (Å²) in [4.78, 5) is 72.0. The molecule has 2 saturated carbocycles. The van der Waals surface area contributed by atoms with Gasteiger partial charge >= 0.3 is 5.69 Å². The summed E-state index contributed by atoms with van der Waals surface area (Å²) >= 11 is 0. The largest absolute Gasteiger partial charge is 0.444 e. The van der Waals surface area contributed by atoms with Crippen molar-refractivity contribution in [3.8, 4) is 11.5 Å². The van der Waals surface area contributed by atoms with Gasteiger partial charge in [0.25, 0.3) is 12.3 Å². The number of benzene rings is 1. The highest BCUT2D eigenvalue weighted by molar-refractivity contribution is 6.03. The van der Waals surface area contributed by atoms with Crippen molar-refractivity contribution in [2.75, 3.05) is 50.2 Å². The summed E-state index contributed by atoms with van der Waals surface area (Å²) < 4.78 is 49.6. The number of hydrogen-bond acceptors (Lipinski definition) is 12. The molecule has 4 amide bonds. The monoisotopic (exact) mass is 886 g/mol. The minimum absolute atomic E-state index is 0.0748. The van der Waals surface area contributed by atoms with Crippen LogP contribution in [0.15, 0.2) is 58.2 Å². The van der Waals surface area contributed by atoms with E-state index in [0.717, 1.165) is 17.6 Å². The number of rotatable bonds is 20. The first-order valence-corrected chi connectivity index (χ1v) is 21.8. The molecule has 340 valence electrons. The lowest BCUT2D eigenvalue weighted by Gasteiger charge is -2.28. The van der Waals surface area contributed by atoms with Gasteiger partial charge in [0.2, 0.25) is 23.6 Å². The topological polar surface area (TPSA) is 219 Å². The van der Waals surface area contributed by atoms with Crippen molar-refractivity contribution in [2.45, 2.75) is 82.7 Å². The molecule has 4 aromatic heterocycles. The number of carbonyl (C=O) groups excluding carboxylic acids is 4. The molecule has 5 aromatic rings. The Morgan fingerprint density at radius 2 is 1.80 bits per heavy atom. The van der Waals surface area contributed by atoms with Crippen molar-refractivity contribution in [2.24, 2.45) is 18.9 Å². The fraction of sp³-hybridized carbons (Fsp3) is 0.500. The lowest BCUT2D eigenvalue weighted by Crippen LogP contribution is -2.44. The van der Waals surface area contributed by atoms with E-state index in [1.807, 2.05) is 18.2 Å². The molecule has 2 aliphatic carbocycles. The van der Waals surface area contributed by atoms with Gasteiger partial charge < -0.3 is 29.8 Å². The summed E-state index contributed by atoms with van der Waals surface area (Å²) in [6.07, 6.45) is 7.63. The Hall–Kier alpha value is -6.28. The van der Waals surface area contributed by atoms with Gasteiger partial charge in [-0.3, -0.25) is 38.3 Å². The normalized spacial score (nSPS) is 19.0. The second-order valence-electron chi connectivity index (χ2n) is 16.5. The lowest BCUT2D eigenvalue weighted by atomic mass is 9.85. The van der Waals surface area contributed by atoms with Gasteiger partial charge in [-0.1, -0.05) is 12.1 Å². The van der Waals surface area contributed by atoms with Crippen LogP contribution < -0.4 is 27.0 Å². The quantitative estimate of drug-likeness (QED) is 0.0594. The summed E-state index contributed by atoms with van der Waals surface area (Å²) in [5.74, 6) is -0.333. The van der Waals surface area contributed by atoms with Crippen LogP contribution in [0.3, 0.4) is 0 Å². The van der Waals surface area contributed by atoms with E-state index in [4.69, 9.17) is 13.9 Å². The van der Waals surface area contributed by atoms with Crippen LogP contribution in [0.5, 0.6) is 0 Å². The minimum atomic E-state index is -2.93. The number of ether oxygens (including phenoxy) is 2. The minimum Gasteiger partial charge on any atom is -0.444 e. The van der Waals surface area contributed by atoms with Crippen LogP contribution in [0.2, 0.25) is 0 Å². The number of oxazole rings is 1. The lowest BCUT2D eigenvalue weighted by molar-refractivity contribution is -0.135. The van der Waals surface area contributed by atoms with Crippen molar-refractivity contribution in [1.82, 2.24) is 39.5 Å². The molecule has 3 aliphatic rings. The van der Waals surface area contributed by atoms with Crippen molar-refractivity contribution >= 4 is 46.2 Å². The zero-order valence-electron chi connectivity index (χ0n) is 35.5. The molecule has 0 radical (unpaired) electrons. The van der Waals surface area contributed by atoms with Crippen molar-refractivity contribution in [1.29, 1.82) is 0 Å². The van der Waals surface area contributed by atoms with E-state index >= 15 is 0 Å². The average Bonchev–Trinajstić information content (AvgIpc) is 3.70. The maximum Gasteiger partial charge on any atom is 0.329 e. The van der Waals surface area contributed by atoms with Crippen LogP contribution in [-0.4, -0.2) is 92.0 Å². The second-order valence-corrected chi connectivity index (χ2v) is 16.5. The first kappa shape index (κ1) is 44.3. The predicted octanol–water partition coefficient (Wildman–Crippen LogP) is 5.09. The molecule has 1 unspecified atom stereocenters. The van der Waals surface area contributed by atoms with Gasteiger partial charge in [-0.2, -0.15) is 5.10 Å². The van der Waals surface area contributed by atoms with Gasteiger partial charge in [0.15, 0.2) is 11.4 Å². The highest BCUT2D eigenvalue weighted by atomic mass is 19.3. The molecule has 1 aliphatic heterocycles. The van der Waals surface area contributed by atoms with Crippen molar-refractivity contribution < 1.29 is 41.8 Å². The Labute approximate surface area is 366 Å². The number of amides is 4. The summed E-state index contributed by atoms with van der Waals surface area (Å²) in [7, 11) is 1.68. The van der Waals surface area contributed by atoms with Crippen LogP contribution in [0.25, 0.3) is 22.5 Å². The number of halogens is 2. The zero-order chi connectivity index (χ0) is 44.7. The predicted molar refractivity (Wildman–Crippen MR) is 229 cm³/mol. The summed E-state index contributed by atoms with van der Waals surface area (Å²) in [5, 5.41) is 15.2. The number of imidazole rings is 1. The smallest absolute Gasteiger partial charge is 0.329 e. The SMILES string of the molecule is Cn1c(=O)n(C2CCC(=O)NC2=O)c2cccc(CCCOCCOCCNC(=O)[C@H]3CC[C@H](n4cc(NC(=O)c5coc(-c6ccnc(NCC7CC7)c6)n5)c(C(F)F)n4)CC3)c21. The number of piperidine rings is 1. The number of aryl methyl sites for hydroxylation is 2. The van der Waals surface area contributed by atoms with E-state index in [0.29, 0.717) is 94.3 Å². The number of imide groups is 1. The van der Waals surface area contributed by atoms with Crippen molar-refractivity contribution in [3.05, 3.63) is 76.4 Å². The van der Waals surface area contributed by atoms with Crippen LogP contribution in [0.4, 0.5) is 20.3 Å². The molecule has 1 atom stereocenters. The molecule has 1 aromatic carbocycles. The number of fused-ring (bicyclic) bond motifs is 1. The second kappa shape index (κ2) is 20.0. The molecular weight excluding hydrogens is 835 g/mol. The number of alkyl halides is 2. The van der Waals surface area contributed by atoms with E-state index in [2.05, 4.69) is 36.3 Å². The number of anilines is 2. The Morgan fingerprint density at radius 3 is 2.56 bits per heavy atom. The third-order valence-electron chi connectivity index (χ3n) is 12.0.